The highest BCUT2D eigenvalue weighted by atomic mass is 79.9. The molecule has 0 heterocycles. The van der Waals surface area contributed by atoms with Gasteiger partial charge in [0.1, 0.15) is 0 Å². The van der Waals surface area contributed by atoms with E-state index in [0.29, 0.717) is 0 Å². The highest BCUT2D eigenvalue weighted by Crippen LogP contribution is 2.12. The van der Waals surface area contributed by atoms with Crippen molar-refractivity contribution in [1.29, 1.82) is 0 Å². The fourth-order valence-corrected chi connectivity index (χ4v) is 1.02. The van der Waals surface area contributed by atoms with Crippen LogP contribution in [0, 0.1) is 5.92 Å². The van der Waals surface area contributed by atoms with Gasteiger partial charge >= 0.3 is 11.9 Å². The maximum atomic E-state index is 11.7. The topological polar surface area (TPSA) is 52.6 Å². The third-order valence-electron chi connectivity index (χ3n) is 1.42. The SMILES string of the molecule is [2H]C([2H])(Br)CC([2H])([2H])C(C(=O)OCC)C(=O)OCC. The highest BCUT2D eigenvalue weighted by Gasteiger charge is 2.28. The molecule has 88 valence electrons. The molecule has 0 spiro atoms. The van der Waals surface area contributed by atoms with Gasteiger partial charge in [0, 0.05) is 10.8 Å². The van der Waals surface area contributed by atoms with Crippen molar-refractivity contribution in [2.75, 3.05) is 18.5 Å². The molecule has 0 aliphatic rings. The van der Waals surface area contributed by atoms with Crippen molar-refractivity contribution in [2.24, 2.45) is 5.92 Å². The van der Waals surface area contributed by atoms with E-state index in [-0.39, 0.29) is 13.2 Å². The van der Waals surface area contributed by atoms with Crippen molar-refractivity contribution in [3.63, 3.8) is 0 Å². The van der Waals surface area contributed by atoms with Crippen LogP contribution in [-0.2, 0) is 19.1 Å². The Morgan fingerprint density at radius 3 is 2.07 bits per heavy atom. The number of carbonyl (C=O) groups is 2. The largest absolute Gasteiger partial charge is 0.465 e. The maximum absolute atomic E-state index is 11.7. The average Bonchev–Trinajstić information content (AvgIpc) is 2.13. The molecule has 0 N–H and O–H groups in total. The van der Waals surface area contributed by atoms with E-state index >= 15 is 0 Å². The van der Waals surface area contributed by atoms with Gasteiger partial charge in [-0.25, -0.2) is 0 Å². The molecule has 0 atom stereocenters. The normalized spacial score (nSPS) is 16.0. The fraction of sp³-hybridized carbons (Fsp3) is 0.800. The molecule has 0 aromatic carbocycles. The van der Waals surface area contributed by atoms with E-state index in [1.54, 1.807) is 0 Å². The highest BCUT2D eigenvalue weighted by molar-refractivity contribution is 9.09. The van der Waals surface area contributed by atoms with E-state index in [1.165, 1.54) is 13.8 Å². The summed E-state index contributed by atoms with van der Waals surface area (Å²) in [5.41, 5.74) is 0. The molecule has 0 saturated heterocycles. The first-order valence-corrected chi connectivity index (χ1v) is 5.36. The Kier molecular flexibility index (Phi) is 4.97. The summed E-state index contributed by atoms with van der Waals surface area (Å²) in [5.74, 6) is -3.91. The minimum Gasteiger partial charge on any atom is -0.465 e. The summed E-state index contributed by atoms with van der Waals surface area (Å²) in [5, 5.41) is -2.05. The summed E-state index contributed by atoms with van der Waals surface area (Å²) in [6, 6.07) is 0. The van der Waals surface area contributed by atoms with E-state index in [1.807, 2.05) is 0 Å². The van der Waals surface area contributed by atoms with Crippen LogP contribution in [0.4, 0.5) is 0 Å². The predicted octanol–water partition coefficient (Wildman–Crippen LogP) is 1.90. The van der Waals surface area contributed by atoms with Crippen LogP contribution in [0.1, 0.15) is 32.1 Å². The Bertz CT molecular complexity index is 312. The van der Waals surface area contributed by atoms with Gasteiger partial charge in [0.2, 0.25) is 0 Å². The van der Waals surface area contributed by atoms with Gasteiger partial charge in [-0.05, 0) is 26.6 Å². The summed E-state index contributed by atoms with van der Waals surface area (Å²) in [6.07, 6.45) is -3.12. The summed E-state index contributed by atoms with van der Waals surface area (Å²) in [6.45, 7) is 3.04. The zero-order valence-electron chi connectivity index (χ0n) is 12.7. The number of hydrogen-bond acceptors (Lipinski definition) is 4. The van der Waals surface area contributed by atoms with Gasteiger partial charge in [-0.2, -0.15) is 0 Å². The van der Waals surface area contributed by atoms with Crippen molar-refractivity contribution in [1.82, 2.24) is 0 Å². The predicted molar refractivity (Wildman–Crippen MR) is 59.8 cm³/mol. The van der Waals surface area contributed by atoms with Crippen molar-refractivity contribution < 1.29 is 24.5 Å². The molecule has 0 radical (unpaired) electrons. The average molecular weight is 285 g/mol. The lowest BCUT2D eigenvalue weighted by molar-refractivity contribution is -0.161. The van der Waals surface area contributed by atoms with E-state index in [2.05, 4.69) is 25.4 Å². The van der Waals surface area contributed by atoms with E-state index < -0.39 is 35.9 Å². The quantitative estimate of drug-likeness (QED) is 0.407. The monoisotopic (exact) mass is 284 g/mol. The molecule has 0 bridgehead atoms. The molecule has 0 saturated carbocycles. The molecular formula is C10H17BrO4. The fourth-order valence-electron chi connectivity index (χ4n) is 0.855. The number of esters is 2. The van der Waals surface area contributed by atoms with Crippen LogP contribution in [0.15, 0.2) is 0 Å². The summed E-state index contributed by atoms with van der Waals surface area (Å²) in [7, 11) is 0. The van der Waals surface area contributed by atoms with Gasteiger partial charge in [-0.15, -0.1) is 0 Å². The van der Waals surface area contributed by atoms with E-state index in [9.17, 15) is 9.59 Å². The molecule has 0 aromatic rings. The first-order chi connectivity index (χ1) is 8.55. The number of alkyl halides is 1. The molecule has 0 fully saturated rings. The van der Waals surface area contributed by atoms with E-state index in [0.717, 1.165) is 0 Å². The van der Waals surface area contributed by atoms with Crippen molar-refractivity contribution >= 4 is 27.9 Å². The third kappa shape index (κ3) is 5.77. The number of rotatable bonds is 7. The first kappa shape index (κ1) is 8.56. The molecule has 0 aliphatic heterocycles. The van der Waals surface area contributed by atoms with E-state index in [4.69, 9.17) is 5.48 Å². The third-order valence-corrected chi connectivity index (χ3v) is 1.70. The van der Waals surface area contributed by atoms with Gasteiger partial charge in [0.05, 0.1) is 13.2 Å². The second-order valence-electron chi connectivity index (χ2n) is 2.45. The van der Waals surface area contributed by atoms with Crippen LogP contribution in [-0.4, -0.2) is 30.4 Å². The van der Waals surface area contributed by atoms with Crippen LogP contribution < -0.4 is 0 Å². The smallest absolute Gasteiger partial charge is 0.320 e. The van der Waals surface area contributed by atoms with Gasteiger partial charge < -0.3 is 9.47 Å². The lowest BCUT2D eigenvalue weighted by atomic mass is 10.0. The number of ether oxygens (including phenoxy) is 2. The first-order valence-electron chi connectivity index (χ1n) is 6.57. The molecule has 0 rings (SSSR count). The van der Waals surface area contributed by atoms with Gasteiger partial charge in [0.15, 0.2) is 5.92 Å². The summed E-state index contributed by atoms with van der Waals surface area (Å²) < 4.78 is 39.4. The Balaban J connectivity index is 5.21. The number of halogens is 1. The molecule has 0 aromatic heterocycles. The molecule has 0 amide bonds. The zero-order valence-corrected chi connectivity index (χ0v) is 10.3. The van der Waals surface area contributed by atoms with Crippen molar-refractivity contribution in [3.8, 4) is 0 Å². The lowest BCUT2D eigenvalue weighted by Gasteiger charge is -2.13. The van der Waals surface area contributed by atoms with Crippen LogP contribution in [0.5, 0.6) is 0 Å². The standard InChI is InChI=1S/C10H17BrO4/c1-3-14-9(12)8(6-5-7-11)10(13)15-4-2/h8H,3-7H2,1-2H3/i6D2,7D2. The second-order valence-corrected chi connectivity index (χ2v) is 3.01. The van der Waals surface area contributed by atoms with Crippen LogP contribution in [0.25, 0.3) is 0 Å². The molecule has 0 unspecified atom stereocenters. The van der Waals surface area contributed by atoms with Gasteiger partial charge in [-0.1, -0.05) is 15.9 Å². The number of carbonyl (C=O) groups excluding carboxylic acids is 2. The van der Waals surface area contributed by atoms with Crippen LogP contribution in [0.2, 0.25) is 0 Å². The van der Waals surface area contributed by atoms with Crippen LogP contribution in [0.3, 0.4) is 0 Å². The van der Waals surface area contributed by atoms with Gasteiger partial charge in [0.25, 0.3) is 0 Å². The molecule has 4 nitrogen and oxygen atoms in total. The molecule has 5 heteroatoms. The second kappa shape index (κ2) is 8.71. The molecular weight excluding hydrogens is 264 g/mol. The summed E-state index contributed by atoms with van der Waals surface area (Å²) >= 11 is 2.65. The maximum Gasteiger partial charge on any atom is 0.320 e. The lowest BCUT2D eigenvalue weighted by Crippen LogP contribution is -2.28. The Hall–Kier alpha value is -0.580. The number of hydrogen-bond donors (Lipinski definition) is 0. The van der Waals surface area contributed by atoms with Crippen molar-refractivity contribution in [2.45, 2.75) is 26.6 Å². The molecule has 15 heavy (non-hydrogen) atoms. The van der Waals surface area contributed by atoms with Gasteiger partial charge in [-0.3, -0.25) is 9.59 Å². The minimum absolute atomic E-state index is 0.00791. The van der Waals surface area contributed by atoms with Crippen LogP contribution >= 0.6 is 15.9 Å². The van der Waals surface area contributed by atoms with Crippen molar-refractivity contribution in [3.05, 3.63) is 0 Å². The summed E-state index contributed by atoms with van der Waals surface area (Å²) in [4.78, 5) is 23.4. The Labute approximate surface area is 104 Å². The Morgan fingerprint density at radius 2 is 1.73 bits per heavy atom. The minimum atomic E-state index is -2.43. The molecule has 0 aliphatic carbocycles. The zero-order chi connectivity index (χ0) is 15.3. The Morgan fingerprint density at radius 1 is 1.27 bits per heavy atom.